The molecular formula is C17H19NO. The fraction of sp³-hybridized carbons (Fsp3) is 0.294. The molecule has 1 heterocycles. The number of benzene rings is 2. The van der Waals surface area contributed by atoms with Gasteiger partial charge in [0.05, 0.1) is 7.11 Å². The largest absolute Gasteiger partial charge is 0.497 e. The van der Waals surface area contributed by atoms with Crippen molar-refractivity contribution < 1.29 is 4.74 Å². The van der Waals surface area contributed by atoms with E-state index in [9.17, 15) is 0 Å². The topological polar surface area (TPSA) is 21.3 Å². The van der Waals surface area contributed by atoms with E-state index in [1.165, 1.54) is 22.3 Å². The van der Waals surface area contributed by atoms with Crippen molar-refractivity contribution in [3.8, 4) is 5.75 Å². The molecule has 0 amide bonds. The van der Waals surface area contributed by atoms with Crippen molar-refractivity contribution in [1.29, 1.82) is 0 Å². The van der Waals surface area contributed by atoms with E-state index in [4.69, 9.17) is 4.74 Å². The molecule has 0 unspecified atom stereocenters. The van der Waals surface area contributed by atoms with Crippen molar-refractivity contribution in [1.82, 2.24) is 5.32 Å². The van der Waals surface area contributed by atoms with Crippen LogP contribution in [0.25, 0.3) is 0 Å². The minimum Gasteiger partial charge on any atom is -0.497 e. The van der Waals surface area contributed by atoms with Crippen molar-refractivity contribution in [2.45, 2.75) is 25.9 Å². The number of hydrogen-bond acceptors (Lipinski definition) is 2. The average molecular weight is 253 g/mol. The average Bonchev–Trinajstić information content (AvgIpc) is 2.47. The zero-order valence-electron chi connectivity index (χ0n) is 11.4. The monoisotopic (exact) mass is 253 g/mol. The van der Waals surface area contributed by atoms with Crippen LogP contribution in [0.5, 0.6) is 5.75 Å². The molecule has 2 aromatic carbocycles. The predicted octanol–water partition coefficient (Wildman–Crippen LogP) is 3.39. The third-order valence-electron chi connectivity index (χ3n) is 3.84. The highest BCUT2D eigenvalue weighted by Crippen LogP contribution is 2.27. The SMILES string of the molecule is COc1ccc([C@H]2Cc3ccc(C)cc3CN2)cc1. The first kappa shape index (κ1) is 12.2. The Labute approximate surface area is 114 Å². The van der Waals surface area contributed by atoms with Gasteiger partial charge in [0.2, 0.25) is 0 Å². The summed E-state index contributed by atoms with van der Waals surface area (Å²) in [6.45, 7) is 3.10. The molecule has 19 heavy (non-hydrogen) atoms. The Kier molecular flexibility index (Phi) is 3.26. The molecule has 0 spiro atoms. The Bertz CT molecular complexity index is 574. The van der Waals surface area contributed by atoms with Crippen LogP contribution in [0.2, 0.25) is 0 Å². The van der Waals surface area contributed by atoms with E-state index in [1.807, 2.05) is 12.1 Å². The number of ether oxygens (including phenoxy) is 1. The first-order chi connectivity index (χ1) is 9.26. The molecule has 98 valence electrons. The third-order valence-corrected chi connectivity index (χ3v) is 3.84. The van der Waals surface area contributed by atoms with Gasteiger partial charge in [-0.3, -0.25) is 0 Å². The lowest BCUT2D eigenvalue weighted by atomic mass is 9.91. The summed E-state index contributed by atoms with van der Waals surface area (Å²) in [6.07, 6.45) is 1.06. The number of fused-ring (bicyclic) bond motifs is 1. The summed E-state index contributed by atoms with van der Waals surface area (Å²) in [5.41, 5.74) is 5.56. The van der Waals surface area contributed by atoms with Gasteiger partial charge in [-0.1, -0.05) is 35.9 Å². The van der Waals surface area contributed by atoms with E-state index in [2.05, 4.69) is 42.6 Å². The minimum absolute atomic E-state index is 0.404. The molecule has 1 atom stereocenters. The summed E-state index contributed by atoms with van der Waals surface area (Å²) >= 11 is 0. The summed E-state index contributed by atoms with van der Waals surface area (Å²) in [6, 6.07) is 15.5. The van der Waals surface area contributed by atoms with Gasteiger partial charge in [0.25, 0.3) is 0 Å². The third kappa shape index (κ3) is 2.49. The fourth-order valence-electron chi connectivity index (χ4n) is 2.72. The molecule has 0 radical (unpaired) electrons. The molecule has 0 aliphatic carbocycles. The van der Waals surface area contributed by atoms with Crippen molar-refractivity contribution in [2.75, 3.05) is 7.11 Å². The molecule has 1 aliphatic heterocycles. The number of methoxy groups -OCH3 is 1. The molecule has 0 saturated carbocycles. The minimum atomic E-state index is 0.404. The summed E-state index contributed by atoms with van der Waals surface area (Å²) in [5, 5.41) is 3.62. The molecule has 2 nitrogen and oxygen atoms in total. The van der Waals surface area contributed by atoms with Crippen LogP contribution in [0.15, 0.2) is 42.5 Å². The molecule has 0 fully saturated rings. The van der Waals surface area contributed by atoms with Crippen molar-refractivity contribution in [2.24, 2.45) is 0 Å². The summed E-state index contributed by atoms with van der Waals surface area (Å²) in [7, 11) is 1.70. The standard InChI is InChI=1S/C17H19NO/c1-12-3-4-14-10-17(18-11-15(14)9-12)13-5-7-16(19-2)8-6-13/h3-9,17-18H,10-11H2,1-2H3/t17-/m1/s1. The van der Waals surface area contributed by atoms with E-state index >= 15 is 0 Å². The molecule has 1 aliphatic rings. The predicted molar refractivity (Wildman–Crippen MR) is 77.5 cm³/mol. The van der Waals surface area contributed by atoms with Crippen LogP contribution in [0.3, 0.4) is 0 Å². The summed E-state index contributed by atoms with van der Waals surface area (Å²) < 4.78 is 5.21. The van der Waals surface area contributed by atoms with Gasteiger partial charge in [-0.25, -0.2) is 0 Å². The van der Waals surface area contributed by atoms with Gasteiger partial charge in [-0.2, -0.15) is 0 Å². The van der Waals surface area contributed by atoms with Gasteiger partial charge >= 0.3 is 0 Å². The molecule has 0 bridgehead atoms. The maximum Gasteiger partial charge on any atom is 0.118 e. The van der Waals surface area contributed by atoms with Gasteiger partial charge in [-0.05, 0) is 42.2 Å². The normalized spacial score (nSPS) is 17.9. The first-order valence-electron chi connectivity index (χ1n) is 6.72. The maximum absolute atomic E-state index is 5.21. The second-order valence-corrected chi connectivity index (χ2v) is 5.18. The second kappa shape index (κ2) is 5.06. The highest BCUT2D eigenvalue weighted by Gasteiger charge is 2.19. The zero-order valence-corrected chi connectivity index (χ0v) is 11.4. The van der Waals surface area contributed by atoms with Gasteiger partial charge in [-0.15, -0.1) is 0 Å². The van der Waals surface area contributed by atoms with Crippen LogP contribution in [0.4, 0.5) is 0 Å². The van der Waals surface area contributed by atoms with E-state index in [-0.39, 0.29) is 0 Å². The molecular weight excluding hydrogens is 234 g/mol. The summed E-state index contributed by atoms with van der Waals surface area (Å²) in [4.78, 5) is 0. The summed E-state index contributed by atoms with van der Waals surface area (Å²) in [5.74, 6) is 0.913. The van der Waals surface area contributed by atoms with Crippen LogP contribution in [0, 0.1) is 6.92 Å². The van der Waals surface area contributed by atoms with Gasteiger partial charge in [0.1, 0.15) is 5.75 Å². The van der Waals surface area contributed by atoms with Crippen LogP contribution < -0.4 is 10.1 Å². The Morgan fingerprint density at radius 2 is 1.84 bits per heavy atom. The lowest BCUT2D eigenvalue weighted by Gasteiger charge is -2.27. The Morgan fingerprint density at radius 1 is 1.05 bits per heavy atom. The molecule has 2 heteroatoms. The molecule has 3 rings (SSSR count). The highest BCUT2D eigenvalue weighted by atomic mass is 16.5. The van der Waals surface area contributed by atoms with Crippen molar-refractivity contribution in [3.05, 3.63) is 64.7 Å². The lowest BCUT2D eigenvalue weighted by molar-refractivity contribution is 0.414. The number of rotatable bonds is 2. The molecule has 0 aromatic heterocycles. The van der Waals surface area contributed by atoms with Gasteiger partial charge < -0.3 is 10.1 Å². The van der Waals surface area contributed by atoms with Crippen molar-refractivity contribution >= 4 is 0 Å². The van der Waals surface area contributed by atoms with Crippen LogP contribution in [0.1, 0.15) is 28.3 Å². The van der Waals surface area contributed by atoms with Gasteiger partial charge in [0, 0.05) is 12.6 Å². The lowest BCUT2D eigenvalue weighted by Crippen LogP contribution is -2.28. The van der Waals surface area contributed by atoms with Crippen LogP contribution >= 0.6 is 0 Å². The Morgan fingerprint density at radius 3 is 2.58 bits per heavy atom. The second-order valence-electron chi connectivity index (χ2n) is 5.18. The Balaban J connectivity index is 1.82. The van der Waals surface area contributed by atoms with Crippen LogP contribution in [-0.2, 0) is 13.0 Å². The van der Waals surface area contributed by atoms with E-state index < -0.39 is 0 Å². The van der Waals surface area contributed by atoms with E-state index in [1.54, 1.807) is 7.11 Å². The zero-order chi connectivity index (χ0) is 13.2. The first-order valence-corrected chi connectivity index (χ1v) is 6.72. The molecule has 1 N–H and O–H groups in total. The number of nitrogens with one attached hydrogen (secondary N) is 1. The molecule has 2 aromatic rings. The molecule has 0 saturated heterocycles. The van der Waals surface area contributed by atoms with E-state index in [0.29, 0.717) is 6.04 Å². The fourth-order valence-corrected chi connectivity index (χ4v) is 2.72. The van der Waals surface area contributed by atoms with Crippen LogP contribution in [-0.4, -0.2) is 7.11 Å². The van der Waals surface area contributed by atoms with Crippen molar-refractivity contribution in [3.63, 3.8) is 0 Å². The smallest absolute Gasteiger partial charge is 0.118 e. The number of hydrogen-bond donors (Lipinski definition) is 1. The Hall–Kier alpha value is -1.80. The number of aryl methyl sites for hydroxylation is 1. The highest BCUT2D eigenvalue weighted by molar-refractivity contribution is 5.37. The van der Waals surface area contributed by atoms with E-state index in [0.717, 1.165) is 18.7 Å². The quantitative estimate of drug-likeness (QED) is 0.885. The van der Waals surface area contributed by atoms with Gasteiger partial charge in [0.15, 0.2) is 0 Å². The maximum atomic E-state index is 5.21.